The summed E-state index contributed by atoms with van der Waals surface area (Å²) in [6.45, 7) is 8.04. The zero-order chi connectivity index (χ0) is 35.0. The van der Waals surface area contributed by atoms with Crippen LogP contribution >= 0.6 is 0 Å². The fourth-order valence-electron chi connectivity index (χ4n) is 8.63. The standard InChI is InChI=1S/C41H55N3O6.BrH/c1-30(42-26-39(47)33-14-17-38(46)37(25-33)43-29-45)24-31-12-15-36(16-13-31)49-23-7-20-44-21-18-32(19-22-44)40(27-44)50-28-41(48,35-10-5-6-11-35)34-8-3-2-4-9-34;/h2-4,8-9,12-17,25,29-30,32,35,39-40,42,47-48H,5-7,10-11,18-24,26-28H2,1H3,(H-,43,45,46);1H/t30-,32?,39+,40+,41-,44?;/m1./s1. The maximum Gasteiger partial charge on any atom is 0.211 e. The Bertz CT molecular complexity index is 1510. The van der Waals surface area contributed by atoms with Gasteiger partial charge in [-0.3, -0.25) is 4.79 Å². The molecule has 3 aromatic carbocycles. The molecule has 4 aliphatic rings. The van der Waals surface area contributed by atoms with Crippen molar-refractivity contribution in [3.8, 4) is 11.5 Å². The van der Waals surface area contributed by atoms with Crippen molar-refractivity contribution < 1.29 is 51.1 Å². The summed E-state index contributed by atoms with van der Waals surface area (Å²) in [5.41, 5.74) is 2.16. The van der Waals surface area contributed by atoms with Gasteiger partial charge in [-0.2, -0.15) is 0 Å². The van der Waals surface area contributed by atoms with Crippen LogP contribution in [0.5, 0.6) is 11.5 Å². The van der Waals surface area contributed by atoms with E-state index in [0.29, 0.717) is 37.6 Å². The van der Waals surface area contributed by atoms with Crippen LogP contribution in [0.1, 0.15) is 74.7 Å². The molecular weight excluding hydrogens is 710 g/mol. The number of aliphatic hydroxyl groups excluding tert-OH is 1. The van der Waals surface area contributed by atoms with E-state index in [4.69, 9.17) is 9.47 Å². The van der Waals surface area contributed by atoms with Gasteiger partial charge in [-0.05, 0) is 73.1 Å². The van der Waals surface area contributed by atoms with Crippen LogP contribution in [-0.2, 0) is 21.6 Å². The lowest BCUT2D eigenvalue weighted by Gasteiger charge is -2.53. The quantitative estimate of drug-likeness (QED) is 0.0585. The highest BCUT2D eigenvalue weighted by Gasteiger charge is 2.48. The fourth-order valence-corrected chi connectivity index (χ4v) is 8.63. The molecule has 0 aromatic heterocycles. The number of anilines is 1. The Labute approximate surface area is 313 Å². The first-order chi connectivity index (χ1) is 24.3. The summed E-state index contributed by atoms with van der Waals surface area (Å²) < 4.78 is 14.0. The molecule has 1 amide bonds. The molecule has 3 aromatic rings. The largest absolute Gasteiger partial charge is 1.00 e. The van der Waals surface area contributed by atoms with Crippen molar-refractivity contribution in [3.05, 3.63) is 89.5 Å². The molecule has 2 bridgehead atoms. The van der Waals surface area contributed by atoms with E-state index in [1.807, 2.05) is 30.3 Å². The number of piperidine rings is 3. The number of carbonyl (C=O) groups excluding carboxylic acids is 1. The summed E-state index contributed by atoms with van der Waals surface area (Å²) in [6.07, 6.45) is 8.63. The fraction of sp³-hybridized carbons (Fsp3) is 0.537. The summed E-state index contributed by atoms with van der Waals surface area (Å²) in [6, 6.07) is 23.3. The minimum absolute atomic E-state index is 0. The number of aromatic hydroxyl groups is 1. The second-order valence-electron chi connectivity index (χ2n) is 15.1. The Kier molecular flexibility index (Phi) is 14.0. The SMILES string of the molecule is C[C@H](Cc1ccc(OCCC[N+]23CCC(CC2)[C@@H](OC[C@@](O)(c2ccccc2)C2CCCC2)C3)cc1)NC[C@H](O)c1ccc(O)c(NC=O)c1.[Br-]. The number of nitrogens with one attached hydrogen (secondary N) is 2. The Morgan fingerprint density at radius 2 is 1.73 bits per heavy atom. The molecule has 0 spiro atoms. The number of benzene rings is 3. The zero-order valence-corrected chi connectivity index (χ0v) is 31.5. The lowest BCUT2D eigenvalue weighted by atomic mass is 9.80. The predicted octanol–water partition coefficient (Wildman–Crippen LogP) is 2.69. The molecule has 7 rings (SSSR count). The summed E-state index contributed by atoms with van der Waals surface area (Å²) in [7, 11) is 0. The Hall–Kier alpha value is -2.99. The number of phenolic OH excluding ortho intramolecular Hbond substituents is 1. The van der Waals surface area contributed by atoms with Gasteiger partial charge in [0.2, 0.25) is 6.41 Å². The van der Waals surface area contributed by atoms with Gasteiger partial charge in [0, 0.05) is 37.8 Å². The average molecular weight is 767 g/mol. The third kappa shape index (κ3) is 9.91. The van der Waals surface area contributed by atoms with E-state index in [-0.39, 0.29) is 46.5 Å². The molecule has 3 saturated heterocycles. The first-order valence-electron chi connectivity index (χ1n) is 18.7. The van der Waals surface area contributed by atoms with Crippen LogP contribution in [0.25, 0.3) is 0 Å². The maximum atomic E-state index is 12.0. The molecule has 4 fully saturated rings. The molecule has 278 valence electrons. The van der Waals surface area contributed by atoms with Gasteiger partial charge in [-0.25, -0.2) is 0 Å². The molecule has 5 N–H and O–H groups in total. The first-order valence-corrected chi connectivity index (χ1v) is 18.7. The number of rotatable bonds is 18. The van der Waals surface area contributed by atoms with Crippen molar-refractivity contribution in [1.82, 2.24) is 5.32 Å². The Morgan fingerprint density at radius 3 is 2.43 bits per heavy atom. The molecule has 0 radical (unpaired) electrons. The average Bonchev–Trinajstić information content (AvgIpc) is 3.70. The third-order valence-corrected chi connectivity index (χ3v) is 11.7. The van der Waals surface area contributed by atoms with E-state index in [1.165, 1.54) is 50.4 Å². The highest BCUT2D eigenvalue weighted by atomic mass is 79.9. The normalized spacial score (nSPS) is 23.9. The van der Waals surface area contributed by atoms with Crippen LogP contribution in [0.4, 0.5) is 5.69 Å². The molecule has 10 heteroatoms. The smallest absolute Gasteiger partial charge is 0.211 e. The number of carbonyl (C=O) groups is 1. The predicted molar refractivity (Wildman–Crippen MR) is 195 cm³/mol. The Morgan fingerprint density at radius 1 is 1.00 bits per heavy atom. The summed E-state index contributed by atoms with van der Waals surface area (Å²) in [4.78, 5) is 10.8. The van der Waals surface area contributed by atoms with Crippen LogP contribution in [-0.4, -0.2) is 84.3 Å². The van der Waals surface area contributed by atoms with Gasteiger partial charge >= 0.3 is 0 Å². The molecular formula is C41H56BrN3O6. The minimum Gasteiger partial charge on any atom is -1.00 e. The van der Waals surface area contributed by atoms with E-state index in [2.05, 4.69) is 41.8 Å². The molecule has 4 atom stereocenters. The zero-order valence-electron chi connectivity index (χ0n) is 29.9. The topological polar surface area (TPSA) is 120 Å². The number of fused-ring (bicyclic) bond motifs is 3. The summed E-state index contributed by atoms with van der Waals surface area (Å²) >= 11 is 0. The van der Waals surface area contributed by atoms with Crippen LogP contribution in [0.2, 0.25) is 0 Å². The molecule has 3 aliphatic heterocycles. The van der Waals surface area contributed by atoms with Crippen molar-refractivity contribution in [3.63, 3.8) is 0 Å². The van der Waals surface area contributed by atoms with E-state index >= 15 is 0 Å². The van der Waals surface area contributed by atoms with Crippen molar-refractivity contribution >= 4 is 12.1 Å². The van der Waals surface area contributed by atoms with E-state index in [0.717, 1.165) is 54.6 Å². The molecule has 3 heterocycles. The number of amides is 1. The first kappa shape index (κ1) is 39.2. The number of phenols is 1. The summed E-state index contributed by atoms with van der Waals surface area (Å²) in [5, 5.41) is 38.3. The lowest BCUT2D eigenvalue weighted by Crippen LogP contribution is -3.00. The van der Waals surface area contributed by atoms with Crippen LogP contribution in [0.15, 0.2) is 72.8 Å². The number of hydrogen-bond acceptors (Lipinski definition) is 7. The number of hydrogen-bond donors (Lipinski definition) is 5. The summed E-state index contributed by atoms with van der Waals surface area (Å²) in [5.74, 6) is 1.69. The van der Waals surface area contributed by atoms with Crippen LogP contribution in [0.3, 0.4) is 0 Å². The van der Waals surface area contributed by atoms with Crippen molar-refractivity contribution in [2.24, 2.45) is 11.8 Å². The highest BCUT2D eigenvalue weighted by Crippen LogP contribution is 2.42. The molecule has 1 aliphatic carbocycles. The second-order valence-corrected chi connectivity index (χ2v) is 15.1. The van der Waals surface area contributed by atoms with Gasteiger partial charge < -0.3 is 56.9 Å². The van der Waals surface area contributed by atoms with E-state index < -0.39 is 11.7 Å². The second kappa shape index (κ2) is 18.2. The molecule has 51 heavy (non-hydrogen) atoms. The van der Waals surface area contributed by atoms with Gasteiger partial charge in [-0.1, -0.05) is 61.4 Å². The number of ether oxygens (including phenoxy) is 2. The van der Waals surface area contributed by atoms with Gasteiger partial charge in [0.25, 0.3) is 0 Å². The number of quaternary nitrogens is 1. The Balaban J connectivity index is 0.00000504. The van der Waals surface area contributed by atoms with E-state index in [9.17, 15) is 20.1 Å². The maximum absolute atomic E-state index is 12.0. The number of halogens is 1. The lowest BCUT2D eigenvalue weighted by molar-refractivity contribution is -0.946. The minimum atomic E-state index is -0.911. The van der Waals surface area contributed by atoms with Crippen molar-refractivity contribution in [1.29, 1.82) is 0 Å². The molecule has 1 saturated carbocycles. The van der Waals surface area contributed by atoms with Gasteiger partial charge in [0.05, 0.1) is 44.6 Å². The van der Waals surface area contributed by atoms with Crippen molar-refractivity contribution in [2.45, 2.75) is 82.1 Å². The van der Waals surface area contributed by atoms with Crippen molar-refractivity contribution in [2.75, 3.05) is 51.3 Å². The van der Waals surface area contributed by atoms with Gasteiger partial charge in [0.15, 0.2) is 0 Å². The van der Waals surface area contributed by atoms with E-state index in [1.54, 1.807) is 12.1 Å². The molecule has 0 unspecified atom stereocenters. The monoisotopic (exact) mass is 765 g/mol. The highest BCUT2D eigenvalue weighted by molar-refractivity contribution is 5.75. The van der Waals surface area contributed by atoms with Gasteiger partial charge in [0.1, 0.15) is 29.7 Å². The molecule has 9 nitrogen and oxygen atoms in total. The van der Waals surface area contributed by atoms with Crippen LogP contribution < -0.4 is 32.4 Å². The van der Waals surface area contributed by atoms with Crippen LogP contribution in [0, 0.1) is 11.8 Å². The van der Waals surface area contributed by atoms with Gasteiger partial charge in [-0.15, -0.1) is 0 Å². The third-order valence-electron chi connectivity index (χ3n) is 11.7. The number of aliphatic hydroxyl groups is 2. The number of nitrogens with zero attached hydrogens (tertiary/aromatic N) is 1.